The molecule has 124 valence electrons. The number of fused-ring (bicyclic) bond motifs is 1. The van der Waals surface area contributed by atoms with Gasteiger partial charge in [0.05, 0.1) is 29.5 Å². The first-order valence-corrected chi connectivity index (χ1v) is 8.71. The molecule has 0 aliphatic carbocycles. The van der Waals surface area contributed by atoms with E-state index in [-0.39, 0.29) is 12.3 Å². The summed E-state index contributed by atoms with van der Waals surface area (Å²) in [5, 5.41) is 6.53. The van der Waals surface area contributed by atoms with Gasteiger partial charge < -0.3 is 9.73 Å². The fourth-order valence-corrected chi connectivity index (χ4v) is 3.34. The number of benzene rings is 1. The molecule has 4 rings (SSSR count). The van der Waals surface area contributed by atoms with Crippen LogP contribution in [0.4, 0.5) is 5.69 Å². The number of nitrogens with one attached hydrogen (secondary N) is 1. The molecule has 1 N–H and O–H groups in total. The predicted octanol–water partition coefficient (Wildman–Crippen LogP) is 4.44. The molecule has 0 atom stereocenters. The van der Waals surface area contributed by atoms with Crippen molar-refractivity contribution in [3.05, 3.63) is 65.5 Å². The fourth-order valence-electron chi connectivity index (χ4n) is 2.56. The summed E-state index contributed by atoms with van der Waals surface area (Å²) in [6, 6.07) is 13.5. The van der Waals surface area contributed by atoms with E-state index >= 15 is 0 Å². The monoisotopic (exact) mass is 349 g/mol. The zero-order valence-electron chi connectivity index (χ0n) is 13.5. The number of amides is 1. The number of thiazole rings is 1. The molecular weight excluding hydrogens is 334 g/mol. The maximum atomic E-state index is 12.3. The van der Waals surface area contributed by atoms with Gasteiger partial charge in [-0.1, -0.05) is 18.2 Å². The van der Waals surface area contributed by atoms with Crippen LogP contribution in [-0.2, 0) is 11.2 Å². The lowest BCUT2D eigenvalue weighted by molar-refractivity contribution is -0.115. The lowest BCUT2D eigenvalue weighted by atomic mass is 10.2. The molecule has 3 aromatic heterocycles. The smallest absolute Gasteiger partial charge is 0.230 e. The van der Waals surface area contributed by atoms with Crippen molar-refractivity contribution in [1.29, 1.82) is 0 Å². The molecule has 0 spiro atoms. The number of nitrogens with zero attached hydrogens (tertiary/aromatic N) is 2. The summed E-state index contributed by atoms with van der Waals surface area (Å²) >= 11 is 1.47. The molecular formula is C19H15N3O2S. The average molecular weight is 349 g/mol. The third-order valence-electron chi connectivity index (χ3n) is 3.72. The van der Waals surface area contributed by atoms with E-state index in [4.69, 9.17) is 4.42 Å². The first-order chi connectivity index (χ1) is 12.2. The van der Waals surface area contributed by atoms with Crippen LogP contribution in [0.25, 0.3) is 21.7 Å². The van der Waals surface area contributed by atoms with E-state index in [1.165, 1.54) is 11.3 Å². The molecule has 5 nitrogen and oxygen atoms in total. The Balaban J connectivity index is 1.45. The Bertz CT molecular complexity index is 1050. The Morgan fingerprint density at radius 2 is 2.12 bits per heavy atom. The van der Waals surface area contributed by atoms with Crippen LogP contribution in [0.1, 0.15) is 11.5 Å². The molecule has 0 fully saturated rings. The third-order valence-corrected chi connectivity index (χ3v) is 4.62. The summed E-state index contributed by atoms with van der Waals surface area (Å²) in [4.78, 5) is 21.1. The number of aromatic nitrogens is 2. The van der Waals surface area contributed by atoms with Gasteiger partial charge >= 0.3 is 0 Å². The Hall–Kier alpha value is -2.99. The van der Waals surface area contributed by atoms with Crippen molar-refractivity contribution < 1.29 is 9.21 Å². The van der Waals surface area contributed by atoms with Crippen LogP contribution in [0.2, 0.25) is 0 Å². The van der Waals surface area contributed by atoms with E-state index in [0.29, 0.717) is 5.69 Å². The fraction of sp³-hybridized carbons (Fsp3) is 0.105. The van der Waals surface area contributed by atoms with Crippen LogP contribution < -0.4 is 5.32 Å². The van der Waals surface area contributed by atoms with Gasteiger partial charge in [0.25, 0.3) is 0 Å². The molecule has 4 aromatic rings. The van der Waals surface area contributed by atoms with E-state index in [2.05, 4.69) is 15.3 Å². The molecule has 3 heterocycles. The van der Waals surface area contributed by atoms with Crippen molar-refractivity contribution >= 4 is 33.8 Å². The van der Waals surface area contributed by atoms with Gasteiger partial charge in [0.15, 0.2) is 10.8 Å². The molecule has 6 heteroatoms. The first kappa shape index (κ1) is 15.5. The Kier molecular flexibility index (Phi) is 4.03. The van der Waals surface area contributed by atoms with Crippen LogP contribution >= 0.6 is 11.3 Å². The second kappa shape index (κ2) is 6.49. The van der Waals surface area contributed by atoms with Crippen molar-refractivity contribution in [1.82, 2.24) is 9.97 Å². The molecule has 0 aliphatic heterocycles. The molecule has 25 heavy (non-hydrogen) atoms. The Morgan fingerprint density at radius 3 is 2.96 bits per heavy atom. The summed E-state index contributed by atoms with van der Waals surface area (Å²) < 4.78 is 5.56. The minimum Gasteiger partial charge on any atom is -0.459 e. The standard InChI is InChI=1S/C19H15N3O2S/c1-12-6-7-17(24-12)19-22-15(11-25-19)9-18(23)21-14-8-13-4-2-3-5-16(13)20-10-14/h2-8,10-11H,9H2,1H3,(H,21,23). The number of anilines is 1. The highest BCUT2D eigenvalue weighted by Gasteiger charge is 2.12. The number of rotatable bonds is 4. The highest BCUT2D eigenvalue weighted by Crippen LogP contribution is 2.26. The maximum absolute atomic E-state index is 12.3. The zero-order valence-corrected chi connectivity index (χ0v) is 14.3. The lowest BCUT2D eigenvalue weighted by Crippen LogP contribution is -2.14. The normalized spacial score (nSPS) is 10.9. The number of hydrogen-bond acceptors (Lipinski definition) is 5. The third kappa shape index (κ3) is 3.44. The Morgan fingerprint density at radius 1 is 1.24 bits per heavy atom. The molecule has 0 bridgehead atoms. The van der Waals surface area contributed by atoms with E-state index in [1.807, 2.05) is 54.8 Å². The average Bonchev–Trinajstić information content (AvgIpc) is 3.23. The van der Waals surface area contributed by atoms with Gasteiger partial charge in [-0.15, -0.1) is 11.3 Å². The number of hydrogen-bond donors (Lipinski definition) is 1. The molecule has 1 amide bonds. The van der Waals surface area contributed by atoms with E-state index in [9.17, 15) is 4.79 Å². The van der Waals surface area contributed by atoms with Crippen molar-refractivity contribution in [2.75, 3.05) is 5.32 Å². The van der Waals surface area contributed by atoms with Crippen LogP contribution in [0.5, 0.6) is 0 Å². The van der Waals surface area contributed by atoms with Crippen LogP contribution in [0.3, 0.4) is 0 Å². The van der Waals surface area contributed by atoms with Crippen molar-refractivity contribution in [2.45, 2.75) is 13.3 Å². The van der Waals surface area contributed by atoms with Gasteiger partial charge in [-0.2, -0.15) is 0 Å². The van der Waals surface area contributed by atoms with Gasteiger partial charge in [0.1, 0.15) is 5.76 Å². The molecule has 1 aromatic carbocycles. The minimum absolute atomic E-state index is 0.121. The number of para-hydroxylation sites is 1. The minimum atomic E-state index is -0.121. The zero-order chi connectivity index (χ0) is 17.2. The number of pyridine rings is 1. The van der Waals surface area contributed by atoms with Gasteiger partial charge in [-0.3, -0.25) is 9.78 Å². The van der Waals surface area contributed by atoms with Crippen LogP contribution in [0.15, 0.2) is 58.5 Å². The first-order valence-electron chi connectivity index (χ1n) is 7.83. The molecule has 0 saturated carbocycles. The summed E-state index contributed by atoms with van der Waals surface area (Å²) in [6.07, 6.45) is 1.88. The van der Waals surface area contributed by atoms with Gasteiger partial charge in [0.2, 0.25) is 5.91 Å². The highest BCUT2D eigenvalue weighted by atomic mass is 32.1. The lowest BCUT2D eigenvalue weighted by Gasteiger charge is -2.05. The topological polar surface area (TPSA) is 68.0 Å². The van der Waals surface area contributed by atoms with Gasteiger partial charge in [-0.05, 0) is 31.2 Å². The van der Waals surface area contributed by atoms with Crippen molar-refractivity contribution in [3.63, 3.8) is 0 Å². The van der Waals surface area contributed by atoms with E-state index in [0.717, 1.165) is 33.1 Å². The second-order valence-electron chi connectivity index (χ2n) is 5.70. The summed E-state index contributed by atoms with van der Waals surface area (Å²) in [5.74, 6) is 1.45. The summed E-state index contributed by atoms with van der Waals surface area (Å²) in [6.45, 7) is 1.89. The summed E-state index contributed by atoms with van der Waals surface area (Å²) in [7, 11) is 0. The highest BCUT2D eigenvalue weighted by molar-refractivity contribution is 7.13. The summed E-state index contributed by atoms with van der Waals surface area (Å²) in [5.41, 5.74) is 2.31. The second-order valence-corrected chi connectivity index (χ2v) is 6.55. The predicted molar refractivity (Wildman–Crippen MR) is 98.6 cm³/mol. The quantitative estimate of drug-likeness (QED) is 0.591. The van der Waals surface area contributed by atoms with Gasteiger partial charge in [0, 0.05) is 10.8 Å². The van der Waals surface area contributed by atoms with Crippen LogP contribution in [0, 0.1) is 6.92 Å². The number of aryl methyl sites for hydroxylation is 1. The number of carbonyl (C=O) groups is 1. The van der Waals surface area contributed by atoms with E-state index < -0.39 is 0 Å². The SMILES string of the molecule is Cc1ccc(-c2nc(CC(=O)Nc3cnc4ccccc4c3)cs2)o1. The molecule has 0 radical (unpaired) electrons. The molecule has 0 saturated heterocycles. The number of furan rings is 1. The van der Waals surface area contributed by atoms with E-state index in [1.54, 1.807) is 6.20 Å². The molecule has 0 unspecified atom stereocenters. The largest absolute Gasteiger partial charge is 0.459 e. The van der Waals surface area contributed by atoms with Crippen molar-refractivity contribution in [3.8, 4) is 10.8 Å². The molecule has 0 aliphatic rings. The number of carbonyl (C=O) groups excluding carboxylic acids is 1. The Labute approximate surface area is 148 Å². The van der Waals surface area contributed by atoms with Gasteiger partial charge in [-0.25, -0.2) is 4.98 Å². The van der Waals surface area contributed by atoms with Crippen molar-refractivity contribution in [2.24, 2.45) is 0 Å². The van der Waals surface area contributed by atoms with Crippen LogP contribution in [-0.4, -0.2) is 15.9 Å². The maximum Gasteiger partial charge on any atom is 0.230 e.